The maximum absolute atomic E-state index is 13.6. The Hall–Kier alpha value is -1.52. The zero-order valence-corrected chi connectivity index (χ0v) is 9.91. The molecule has 0 unspecified atom stereocenters. The Balaban J connectivity index is 2.48. The molecule has 0 radical (unpaired) electrons. The lowest BCUT2D eigenvalue weighted by molar-refractivity contribution is 0.181. The lowest BCUT2D eigenvalue weighted by Crippen LogP contribution is -1.98. The Morgan fingerprint density at radius 1 is 1.29 bits per heavy atom. The number of benzene rings is 1. The number of rotatable bonds is 3. The standard InChI is InChI=1S/C12H10ClFN2O/c1-17-7-8-6-11(13)16-12(15-8)9-4-2-3-5-10(9)14/h2-6H,7H2,1H3. The van der Waals surface area contributed by atoms with Gasteiger partial charge in [-0.2, -0.15) is 0 Å². The fourth-order valence-corrected chi connectivity index (χ4v) is 1.66. The number of hydrogen-bond donors (Lipinski definition) is 0. The van der Waals surface area contributed by atoms with Crippen LogP contribution in [0, 0.1) is 5.82 Å². The van der Waals surface area contributed by atoms with Crippen LogP contribution in [0.2, 0.25) is 5.15 Å². The topological polar surface area (TPSA) is 35.0 Å². The molecule has 1 aromatic carbocycles. The van der Waals surface area contributed by atoms with Crippen molar-refractivity contribution in [3.8, 4) is 11.4 Å². The van der Waals surface area contributed by atoms with E-state index >= 15 is 0 Å². The second-order valence-electron chi connectivity index (χ2n) is 3.42. The van der Waals surface area contributed by atoms with Crippen LogP contribution in [0.15, 0.2) is 30.3 Å². The number of ether oxygens (including phenoxy) is 1. The Morgan fingerprint density at radius 2 is 2.06 bits per heavy atom. The third-order valence-corrected chi connectivity index (χ3v) is 2.35. The van der Waals surface area contributed by atoms with Gasteiger partial charge in [-0.05, 0) is 18.2 Å². The van der Waals surface area contributed by atoms with Gasteiger partial charge in [-0.1, -0.05) is 23.7 Å². The Morgan fingerprint density at radius 3 is 2.76 bits per heavy atom. The van der Waals surface area contributed by atoms with E-state index in [4.69, 9.17) is 16.3 Å². The van der Waals surface area contributed by atoms with E-state index in [9.17, 15) is 4.39 Å². The third kappa shape index (κ3) is 2.78. The van der Waals surface area contributed by atoms with Gasteiger partial charge >= 0.3 is 0 Å². The summed E-state index contributed by atoms with van der Waals surface area (Å²) >= 11 is 5.86. The molecule has 0 saturated carbocycles. The SMILES string of the molecule is COCc1cc(Cl)nc(-c2ccccc2F)n1. The predicted octanol–water partition coefficient (Wildman–Crippen LogP) is 3.08. The summed E-state index contributed by atoms with van der Waals surface area (Å²) in [5, 5.41) is 0.269. The van der Waals surface area contributed by atoms with Crippen LogP contribution in [0.4, 0.5) is 4.39 Å². The first-order valence-corrected chi connectivity index (χ1v) is 5.36. The maximum Gasteiger partial charge on any atom is 0.164 e. The van der Waals surface area contributed by atoms with Crippen molar-refractivity contribution in [2.24, 2.45) is 0 Å². The molecule has 0 N–H and O–H groups in total. The molecular formula is C12H10ClFN2O. The summed E-state index contributed by atoms with van der Waals surface area (Å²) in [6, 6.07) is 7.89. The largest absolute Gasteiger partial charge is 0.378 e. The van der Waals surface area contributed by atoms with E-state index in [1.807, 2.05) is 0 Å². The first-order chi connectivity index (χ1) is 8.20. The zero-order chi connectivity index (χ0) is 12.3. The van der Waals surface area contributed by atoms with Crippen LogP contribution in [-0.2, 0) is 11.3 Å². The van der Waals surface area contributed by atoms with Crippen molar-refractivity contribution in [3.63, 3.8) is 0 Å². The highest BCUT2D eigenvalue weighted by Gasteiger charge is 2.09. The van der Waals surface area contributed by atoms with Gasteiger partial charge < -0.3 is 4.74 Å². The molecule has 0 fully saturated rings. The summed E-state index contributed by atoms with van der Waals surface area (Å²) in [6.45, 7) is 0.309. The monoisotopic (exact) mass is 252 g/mol. The van der Waals surface area contributed by atoms with Gasteiger partial charge in [0.15, 0.2) is 5.82 Å². The molecule has 0 atom stereocenters. The van der Waals surface area contributed by atoms with Gasteiger partial charge in [-0.25, -0.2) is 14.4 Å². The molecule has 3 nitrogen and oxygen atoms in total. The summed E-state index contributed by atoms with van der Waals surface area (Å²) < 4.78 is 18.5. The van der Waals surface area contributed by atoms with Gasteiger partial charge in [0.2, 0.25) is 0 Å². The lowest BCUT2D eigenvalue weighted by atomic mass is 10.2. The minimum Gasteiger partial charge on any atom is -0.378 e. The molecule has 0 aliphatic carbocycles. The molecule has 0 saturated heterocycles. The van der Waals surface area contributed by atoms with E-state index in [1.165, 1.54) is 6.07 Å². The molecule has 5 heteroatoms. The summed E-state index contributed by atoms with van der Waals surface area (Å²) in [7, 11) is 1.55. The molecule has 0 amide bonds. The summed E-state index contributed by atoms with van der Waals surface area (Å²) in [6.07, 6.45) is 0. The average Bonchev–Trinajstić information content (AvgIpc) is 2.29. The van der Waals surface area contributed by atoms with Crippen LogP contribution in [0.25, 0.3) is 11.4 Å². The average molecular weight is 253 g/mol. The molecule has 17 heavy (non-hydrogen) atoms. The molecule has 0 spiro atoms. The second kappa shape index (κ2) is 5.21. The highest BCUT2D eigenvalue weighted by Crippen LogP contribution is 2.21. The van der Waals surface area contributed by atoms with Gasteiger partial charge in [0.25, 0.3) is 0 Å². The highest BCUT2D eigenvalue weighted by atomic mass is 35.5. The second-order valence-corrected chi connectivity index (χ2v) is 3.81. The minimum absolute atomic E-state index is 0.266. The molecule has 1 aromatic heterocycles. The van der Waals surface area contributed by atoms with E-state index in [1.54, 1.807) is 31.4 Å². The van der Waals surface area contributed by atoms with E-state index in [0.717, 1.165) is 0 Å². The van der Waals surface area contributed by atoms with Crippen molar-refractivity contribution >= 4 is 11.6 Å². The van der Waals surface area contributed by atoms with Crippen molar-refractivity contribution < 1.29 is 9.13 Å². The fourth-order valence-electron chi connectivity index (χ4n) is 1.45. The van der Waals surface area contributed by atoms with E-state index < -0.39 is 0 Å². The Labute approximate surface area is 103 Å². The van der Waals surface area contributed by atoms with Gasteiger partial charge in [0, 0.05) is 7.11 Å². The first-order valence-electron chi connectivity index (χ1n) is 4.98. The molecule has 2 aromatic rings. The number of halogens is 2. The molecule has 0 aliphatic rings. The van der Waals surface area contributed by atoms with Crippen molar-refractivity contribution in [3.05, 3.63) is 47.0 Å². The highest BCUT2D eigenvalue weighted by molar-refractivity contribution is 6.29. The van der Waals surface area contributed by atoms with Crippen LogP contribution in [0.1, 0.15) is 5.69 Å². The zero-order valence-electron chi connectivity index (χ0n) is 9.15. The lowest BCUT2D eigenvalue weighted by Gasteiger charge is -2.05. The molecule has 0 aliphatic heterocycles. The van der Waals surface area contributed by atoms with Crippen LogP contribution < -0.4 is 0 Å². The van der Waals surface area contributed by atoms with E-state index in [0.29, 0.717) is 17.9 Å². The summed E-state index contributed by atoms with van der Waals surface area (Å²) in [5.41, 5.74) is 0.943. The van der Waals surface area contributed by atoms with Gasteiger partial charge in [-0.3, -0.25) is 0 Å². The maximum atomic E-state index is 13.6. The normalized spacial score (nSPS) is 10.5. The fraction of sp³-hybridized carbons (Fsp3) is 0.167. The van der Waals surface area contributed by atoms with Crippen LogP contribution in [0.5, 0.6) is 0 Å². The Bertz CT molecular complexity index is 534. The third-order valence-electron chi connectivity index (χ3n) is 2.15. The number of methoxy groups -OCH3 is 1. The number of hydrogen-bond acceptors (Lipinski definition) is 3. The quantitative estimate of drug-likeness (QED) is 0.788. The molecule has 0 bridgehead atoms. The van der Waals surface area contributed by atoms with Crippen LogP contribution >= 0.6 is 11.6 Å². The van der Waals surface area contributed by atoms with Crippen molar-refractivity contribution in [1.82, 2.24) is 9.97 Å². The van der Waals surface area contributed by atoms with E-state index in [-0.39, 0.29) is 16.8 Å². The first kappa shape index (κ1) is 12.0. The van der Waals surface area contributed by atoms with Crippen LogP contribution in [0.3, 0.4) is 0 Å². The van der Waals surface area contributed by atoms with Crippen molar-refractivity contribution in [1.29, 1.82) is 0 Å². The molecular weight excluding hydrogens is 243 g/mol. The van der Waals surface area contributed by atoms with E-state index in [2.05, 4.69) is 9.97 Å². The molecule has 2 rings (SSSR count). The Kier molecular flexibility index (Phi) is 3.66. The summed E-state index contributed by atoms with van der Waals surface area (Å²) in [5.74, 6) is -0.110. The predicted molar refractivity (Wildman–Crippen MR) is 63.1 cm³/mol. The summed E-state index contributed by atoms with van der Waals surface area (Å²) in [4.78, 5) is 8.20. The van der Waals surface area contributed by atoms with Gasteiger partial charge in [-0.15, -0.1) is 0 Å². The van der Waals surface area contributed by atoms with Crippen molar-refractivity contribution in [2.45, 2.75) is 6.61 Å². The van der Waals surface area contributed by atoms with Crippen LogP contribution in [-0.4, -0.2) is 17.1 Å². The molecule has 88 valence electrons. The number of aromatic nitrogens is 2. The van der Waals surface area contributed by atoms with Gasteiger partial charge in [0.05, 0.1) is 17.9 Å². The smallest absolute Gasteiger partial charge is 0.164 e. The molecule has 1 heterocycles. The van der Waals surface area contributed by atoms with Gasteiger partial charge in [0.1, 0.15) is 11.0 Å². The van der Waals surface area contributed by atoms with Crippen molar-refractivity contribution in [2.75, 3.05) is 7.11 Å². The number of nitrogens with zero attached hydrogens (tertiary/aromatic N) is 2. The minimum atomic E-state index is -0.377.